The smallest absolute Gasteiger partial charge is 0.274 e. The molecule has 1 aromatic carbocycles. The third-order valence-corrected chi connectivity index (χ3v) is 6.62. The number of benzene rings is 1. The zero-order valence-corrected chi connectivity index (χ0v) is 19.0. The number of pyridine rings is 1. The second-order valence-electron chi connectivity index (χ2n) is 9.21. The predicted octanol–water partition coefficient (Wildman–Crippen LogP) is 4.30. The SMILES string of the molecule is Cc1cccc(C(=O)Nc2cccc(CN3CCC(C(=O)NC4CCCCC4)CC3)c2)n1. The molecular formula is C26H34N4O2. The highest BCUT2D eigenvalue weighted by Crippen LogP contribution is 2.23. The van der Waals surface area contributed by atoms with E-state index in [1.54, 1.807) is 6.07 Å². The van der Waals surface area contributed by atoms with Crippen LogP contribution in [0.15, 0.2) is 42.5 Å². The average molecular weight is 435 g/mol. The molecule has 170 valence electrons. The van der Waals surface area contributed by atoms with Crippen LogP contribution in [0.1, 0.15) is 66.7 Å². The maximum atomic E-state index is 12.6. The molecule has 6 nitrogen and oxygen atoms in total. The van der Waals surface area contributed by atoms with E-state index in [9.17, 15) is 9.59 Å². The first-order valence-corrected chi connectivity index (χ1v) is 11.9. The molecule has 1 aliphatic heterocycles. The number of likely N-dealkylation sites (tertiary alicyclic amines) is 1. The van der Waals surface area contributed by atoms with Crippen LogP contribution in [0.5, 0.6) is 0 Å². The van der Waals surface area contributed by atoms with Gasteiger partial charge < -0.3 is 10.6 Å². The van der Waals surface area contributed by atoms with Gasteiger partial charge in [0.25, 0.3) is 5.91 Å². The van der Waals surface area contributed by atoms with Crippen molar-refractivity contribution in [1.82, 2.24) is 15.2 Å². The summed E-state index contributed by atoms with van der Waals surface area (Å²) in [5.74, 6) is 0.197. The van der Waals surface area contributed by atoms with E-state index in [0.29, 0.717) is 11.7 Å². The number of anilines is 1. The van der Waals surface area contributed by atoms with Crippen molar-refractivity contribution in [1.29, 1.82) is 0 Å². The number of hydrogen-bond donors (Lipinski definition) is 2. The third-order valence-electron chi connectivity index (χ3n) is 6.62. The van der Waals surface area contributed by atoms with Crippen molar-refractivity contribution in [3.05, 3.63) is 59.4 Å². The summed E-state index contributed by atoms with van der Waals surface area (Å²) in [6.07, 6.45) is 7.88. The van der Waals surface area contributed by atoms with Gasteiger partial charge in [-0.05, 0) is 75.5 Å². The minimum atomic E-state index is -0.198. The number of amides is 2. The maximum absolute atomic E-state index is 12.6. The van der Waals surface area contributed by atoms with Crippen LogP contribution in [0.4, 0.5) is 5.69 Å². The van der Waals surface area contributed by atoms with Gasteiger partial charge in [0.05, 0.1) is 0 Å². The lowest BCUT2D eigenvalue weighted by Crippen LogP contribution is -2.44. The second-order valence-corrected chi connectivity index (χ2v) is 9.21. The summed E-state index contributed by atoms with van der Waals surface area (Å²) in [5, 5.41) is 6.24. The molecule has 0 spiro atoms. The van der Waals surface area contributed by atoms with E-state index in [-0.39, 0.29) is 17.7 Å². The number of carbonyl (C=O) groups is 2. The molecule has 0 atom stereocenters. The summed E-state index contributed by atoms with van der Waals surface area (Å²) in [6.45, 7) is 4.54. The molecule has 0 radical (unpaired) electrons. The zero-order chi connectivity index (χ0) is 22.3. The Morgan fingerprint density at radius 1 is 1.00 bits per heavy atom. The van der Waals surface area contributed by atoms with E-state index in [4.69, 9.17) is 0 Å². The Hall–Kier alpha value is -2.73. The summed E-state index contributed by atoms with van der Waals surface area (Å²) in [7, 11) is 0. The minimum Gasteiger partial charge on any atom is -0.353 e. The van der Waals surface area contributed by atoms with E-state index < -0.39 is 0 Å². The lowest BCUT2D eigenvalue weighted by atomic mass is 9.92. The number of carbonyl (C=O) groups excluding carboxylic acids is 2. The Morgan fingerprint density at radius 3 is 2.50 bits per heavy atom. The van der Waals surface area contributed by atoms with E-state index in [0.717, 1.165) is 62.3 Å². The van der Waals surface area contributed by atoms with E-state index in [1.807, 2.05) is 37.3 Å². The predicted molar refractivity (Wildman–Crippen MR) is 126 cm³/mol. The summed E-state index contributed by atoms with van der Waals surface area (Å²) in [4.78, 5) is 31.8. The van der Waals surface area contributed by atoms with Gasteiger partial charge in [-0.3, -0.25) is 14.5 Å². The molecule has 4 rings (SSSR count). The Bertz CT molecular complexity index is 931. The lowest BCUT2D eigenvalue weighted by Gasteiger charge is -2.32. The van der Waals surface area contributed by atoms with Crippen molar-refractivity contribution in [2.75, 3.05) is 18.4 Å². The van der Waals surface area contributed by atoms with Crippen molar-refractivity contribution in [3.8, 4) is 0 Å². The van der Waals surface area contributed by atoms with Gasteiger partial charge >= 0.3 is 0 Å². The fraction of sp³-hybridized carbons (Fsp3) is 0.500. The molecule has 1 aliphatic carbocycles. The number of piperidine rings is 1. The molecule has 2 aromatic rings. The summed E-state index contributed by atoms with van der Waals surface area (Å²) in [6, 6.07) is 13.8. The van der Waals surface area contributed by atoms with Crippen LogP contribution < -0.4 is 10.6 Å². The number of aryl methyl sites for hydroxylation is 1. The van der Waals surface area contributed by atoms with E-state index >= 15 is 0 Å². The van der Waals surface area contributed by atoms with Gasteiger partial charge in [0.2, 0.25) is 5.91 Å². The number of aromatic nitrogens is 1. The van der Waals surface area contributed by atoms with E-state index in [1.165, 1.54) is 19.3 Å². The number of hydrogen-bond acceptors (Lipinski definition) is 4. The second kappa shape index (κ2) is 10.7. The van der Waals surface area contributed by atoms with Crippen LogP contribution in [0.25, 0.3) is 0 Å². The van der Waals surface area contributed by atoms with Crippen molar-refractivity contribution in [2.24, 2.45) is 5.92 Å². The monoisotopic (exact) mass is 434 g/mol. The average Bonchev–Trinajstić information content (AvgIpc) is 2.80. The van der Waals surface area contributed by atoms with Gasteiger partial charge in [-0.1, -0.05) is 37.5 Å². The maximum Gasteiger partial charge on any atom is 0.274 e. The summed E-state index contributed by atoms with van der Waals surface area (Å²) >= 11 is 0. The van der Waals surface area contributed by atoms with Crippen LogP contribution in [-0.2, 0) is 11.3 Å². The van der Waals surface area contributed by atoms with Gasteiger partial charge in [-0.2, -0.15) is 0 Å². The van der Waals surface area contributed by atoms with Gasteiger partial charge in [-0.25, -0.2) is 4.98 Å². The minimum absolute atomic E-state index is 0.139. The van der Waals surface area contributed by atoms with Crippen molar-refractivity contribution in [3.63, 3.8) is 0 Å². The molecule has 2 heterocycles. The number of rotatable bonds is 6. The zero-order valence-electron chi connectivity index (χ0n) is 19.0. The summed E-state index contributed by atoms with van der Waals surface area (Å²) in [5.41, 5.74) is 3.17. The van der Waals surface area contributed by atoms with Gasteiger partial charge in [0, 0.05) is 29.9 Å². The first kappa shape index (κ1) is 22.5. The molecule has 1 saturated carbocycles. The Kier molecular flexibility index (Phi) is 7.53. The topological polar surface area (TPSA) is 74.3 Å². The fourth-order valence-electron chi connectivity index (χ4n) is 4.79. The highest BCUT2D eigenvalue weighted by molar-refractivity contribution is 6.02. The fourth-order valence-corrected chi connectivity index (χ4v) is 4.79. The molecule has 2 N–H and O–H groups in total. The van der Waals surface area contributed by atoms with Gasteiger partial charge in [-0.15, -0.1) is 0 Å². The molecule has 6 heteroatoms. The van der Waals surface area contributed by atoms with Crippen molar-refractivity contribution in [2.45, 2.75) is 64.5 Å². The normalized spacial score (nSPS) is 18.3. The molecular weight excluding hydrogens is 400 g/mol. The molecule has 32 heavy (non-hydrogen) atoms. The van der Waals surface area contributed by atoms with Crippen LogP contribution in [0, 0.1) is 12.8 Å². The largest absolute Gasteiger partial charge is 0.353 e. The molecule has 1 saturated heterocycles. The van der Waals surface area contributed by atoms with Crippen molar-refractivity contribution >= 4 is 17.5 Å². The van der Waals surface area contributed by atoms with Crippen molar-refractivity contribution < 1.29 is 9.59 Å². The quantitative estimate of drug-likeness (QED) is 0.711. The highest BCUT2D eigenvalue weighted by Gasteiger charge is 2.27. The van der Waals surface area contributed by atoms with Gasteiger partial charge in [0.15, 0.2) is 0 Å². The summed E-state index contributed by atoms with van der Waals surface area (Å²) < 4.78 is 0. The number of nitrogens with one attached hydrogen (secondary N) is 2. The molecule has 2 fully saturated rings. The molecule has 1 aromatic heterocycles. The molecule has 0 bridgehead atoms. The highest BCUT2D eigenvalue weighted by atomic mass is 16.2. The number of nitrogens with zero attached hydrogens (tertiary/aromatic N) is 2. The van der Waals surface area contributed by atoms with E-state index in [2.05, 4.69) is 26.6 Å². The van der Waals surface area contributed by atoms with Crippen LogP contribution >= 0.6 is 0 Å². The van der Waals surface area contributed by atoms with Gasteiger partial charge in [0.1, 0.15) is 5.69 Å². The Morgan fingerprint density at radius 2 is 1.75 bits per heavy atom. The standard InChI is InChI=1S/C26H34N4O2/c1-19-7-5-12-24(27-19)26(32)29-23-11-6-8-20(17-23)18-30-15-13-21(14-16-30)25(31)28-22-9-3-2-4-10-22/h5-8,11-12,17,21-22H,2-4,9-10,13-16,18H2,1H3,(H,28,31)(H,29,32). The Balaban J connectivity index is 1.26. The molecule has 2 aliphatic rings. The third kappa shape index (κ3) is 6.16. The van der Waals surface area contributed by atoms with Crippen LogP contribution in [0.2, 0.25) is 0 Å². The first-order valence-electron chi connectivity index (χ1n) is 11.9. The Labute approximate surface area is 190 Å². The van der Waals surface area contributed by atoms with Crippen LogP contribution in [-0.4, -0.2) is 40.8 Å². The lowest BCUT2D eigenvalue weighted by molar-refractivity contribution is -0.127. The first-order chi connectivity index (χ1) is 15.6. The molecule has 2 amide bonds. The van der Waals surface area contributed by atoms with Crippen LogP contribution in [0.3, 0.4) is 0 Å². The molecule has 0 unspecified atom stereocenters.